The van der Waals surface area contributed by atoms with Crippen LogP contribution < -0.4 is 19.7 Å². The molecule has 31 heavy (non-hydrogen) atoms. The third-order valence-electron chi connectivity index (χ3n) is 3.01. The lowest BCUT2D eigenvalue weighted by Gasteiger charge is -2.11. The van der Waals surface area contributed by atoms with Crippen molar-refractivity contribution < 1.29 is 39.4 Å². The van der Waals surface area contributed by atoms with Gasteiger partial charge in [0.15, 0.2) is 5.75 Å². The molecule has 1 aromatic carbocycles. The molecule has 1 atom stereocenters. The van der Waals surface area contributed by atoms with Crippen molar-refractivity contribution in [2.45, 2.75) is 17.2 Å². The van der Waals surface area contributed by atoms with Gasteiger partial charge in [0.25, 0.3) is 0 Å². The fourth-order valence-electron chi connectivity index (χ4n) is 1.86. The van der Waals surface area contributed by atoms with Crippen LogP contribution in [0.4, 0.5) is 19.5 Å². The zero-order valence-corrected chi connectivity index (χ0v) is 18.3. The standard InChI is InChI=1S/C14H14ClF2N5O7S2/c1-7-4-5-9(8(6-7)28-31(3,25)26)30(24)29-22-12(23)20-11-18-10(14(15,16)17)19-13(21-11)27-2/h4-6H,1-3H3,(H2,18,19,20,21,22,23). The average molecular weight is 502 g/mol. The number of anilines is 1. The van der Waals surface area contributed by atoms with Crippen LogP contribution >= 0.6 is 11.6 Å². The summed E-state index contributed by atoms with van der Waals surface area (Å²) >= 11 is 2.43. The molecule has 2 amide bonds. The van der Waals surface area contributed by atoms with Crippen LogP contribution in [0.15, 0.2) is 23.1 Å². The molecule has 0 bridgehead atoms. The summed E-state index contributed by atoms with van der Waals surface area (Å²) in [5, 5.41) is -2.04. The van der Waals surface area contributed by atoms with Crippen LogP contribution in [0.1, 0.15) is 11.4 Å². The third kappa shape index (κ3) is 7.50. The van der Waals surface area contributed by atoms with Crippen LogP contribution in [0.3, 0.4) is 0 Å². The van der Waals surface area contributed by atoms with Crippen LogP contribution in [-0.2, 0) is 30.9 Å². The summed E-state index contributed by atoms with van der Waals surface area (Å²) in [6.07, 6.45) is 0.788. The van der Waals surface area contributed by atoms with Crippen LogP contribution in [-0.4, -0.2) is 47.0 Å². The van der Waals surface area contributed by atoms with Gasteiger partial charge in [-0.3, -0.25) is 5.32 Å². The number of hydroxylamine groups is 1. The summed E-state index contributed by atoms with van der Waals surface area (Å²) in [6.45, 7) is 1.63. The highest BCUT2D eigenvalue weighted by Gasteiger charge is 2.33. The first-order chi connectivity index (χ1) is 14.3. The van der Waals surface area contributed by atoms with Crippen molar-refractivity contribution in [2.24, 2.45) is 0 Å². The average Bonchev–Trinajstić information content (AvgIpc) is 2.64. The number of ether oxygens (including phenoxy) is 1. The molecule has 1 aromatic heterocycles. The number of carbonyl (C=O) groups excluding carboxylic acids is 1. The van der Waals surface area contributed by atoms with E-state index in [9.17, 15) is 26.2 Å². The summed E-state index contributed by atoms with van der Waals surface area (Å²) < 4.78 is 75.5. The Labute approximate surface area is 182 Å². The molecule has 1 unspecified atom stereocenters. The molecule has 0 saturated carbocycles. The normalized spacial score (nSPS) is 12.7. The lowest BCUT2D eigenvalue weighted by molar-refractivity contribution is 0.0832. The summed E-state index contributed by atoms with van der Waals surface area (Å²) in [5.41, 5.74) is 2.31. The van der Waals surface area contributed by atoms with Crippen LogP contribution in [0.25, 0.3) is 0 Å². The second-order valence-corrected chi connectivity index (χ2v) is 8.70. The first kappa shape index (κ1) is 24.6. The van der Waals surface area contributed by atoms with Crippen molar-refractivity contribution in [3.05, 3.63) is 29.6 Å². The molecular weight excluding hydrogens is 488 g/mol. The number of rotatable bonds is 8. The summed E-state index contributed by atoms with van der Waals surface area (Å²) in [5.74, 6) is -2.15. The smallest absolute Gasteiger partial charge is 0.382 e. The van der Waals surface area contributed by atoms with Gasteiger partial charge in [0.2, 0.25) is 22.9 Å². The Hall–Kier alpha value is -2.69. The Morgan fingerprint density at radius 3 is 2.52 bits per heavy atom. The lowest BCUT2D eigenvalue weighted by Crippen LogP contribution is -2.31. The molecule has 0 saturated heterocycles. The maximum atomic E-state index is 13.2. The summed E-state index contributed by atoms with van der Waals surface area (Å²) in [4.78, 5) is 21.7. The highest BCUT2D eigenvalue weighted by atomic mass is 35.5. The number of benzene rings is 1. The molecule has 2 aromatic rings. The predicted molar refractivity (Wildman–Crippen MR) is 102 cm³/mol. The molecule has 0 spiro atoms. The van der Waals surface area contributed by atoms with E-state index in [1.165, 1.54) is 18.2 Å². The van der Waals surface area contributed by atoms with Gasteiger partial charge >= 0.3 is 27.5 Å². The Balaban J connectivity index is 2.11. The van der Waals surface area contributed by atoms with Gasteiger partial charge < -0.3 is 8.92 Å². The predicted octanol–water partition coefficient (Wildman–Crippen LogP) is 1.59. The second-order valence-electron chi connectivity index (χ2n) is 5.58. The number of amides is 2. The number of hydrogen-bond acceptors (Lipinski definition) is 10. The largest absolute Gasteiger partial charge is 0.467 e. The van der Waals surface area contributed by atoms with Crippen LogP contribution in [0.2, 0.25) is 0 Å². The van der Waals surface area contributed by atoms with Crippen molar-refractivity contribution in [1.29, 1.82) is 0 Å². The minimum Gasteiger partial charge on any atom is -0.467 e. The number of hydrogen-bond donors (Lipinski definition) is 2. The van der Waals surface area contributed by atoms with Gasteiger partial charge in [-0.25, -0.2) is 14.5 Å². The Morgan fingerprint density at radius 1 is 1.26 bits per heavy atom. The molecule has 0 aliphatic carbocycles. The maximum absolute atomic E-state index is 13.2. The van der Waals surface area contributed by atoms with E-state index in [1.807, 2.05) is 5.32 Å². The van der Waals surface area contributed by atoms with Gasteiger partial charge in [0.05, 0.1) is 13.4 Å². The Kier molecular flexibility index (Phi) is 7.63. The molecular formula is C14H14ClF2N5O7S2. The molecule has 17 heteroatoms. The van der Waals surface area contributed by atoms with Gasteiger partial charge in [0.1, 0.15) is 4.90 Å². The molecule has 0 aliphatic heterocycles. The van der Waals surface area contributed by atoms with E-state index in [-0.39, 0.29) is 10.6 Å². The number of aromatic nitrogens is 3. The number of urea groups is 1. The zero-order valence-electron chi connectivity index (χ0n) is 15.9. The molecule has 2 N–H and O–H groups in total. The molecule has 0 aliphatic rings. The lowest BCUT2D eigenvalue weighted by atomic mass is 10.2. The number of nitrogens with zero attached hydrogens (tertiary/aromatic N) is 3. The molecule has 12 nitrogen and oxygen atoms in total. The number of alkyl halides is 3. The van der Waals surface area contributed by atoms with E-state index < -0.39 is 50.4 Å². The third-order valence-corrected chi connectivity index (χ3v) is 4.59. The van der Waals surface area contributed by atoms with Gasteiger partial charge in [0, 0.05) is 0 Å². The summed E-state index contributed by atoms with van der Waals surface area (Å²) in [6, 6.07) is 2.27. The second kappa shape index (κ2) is 9.63. The first-order valence-corrected chi connectivity index (χ1v) is 11.1. The Bertz CT molecular complexity index is 1110. The fourth-order valence-corrected chi connectivity index (χ4v) is 3.15. The molecule has 1 heterocycles. The topological polar surface area (TPSA) is 159 Å². The van der Waals surface area contributed by atoms with Crippen molar-refractivity contribution in [2.75, 3.05) is 18.7 Å². The van der Waals surface area contributed by atoms with Gasteiger partial charge in [-0.2, -0.15) is 36.4 Å². The quantitative estimate of drug-likeness (QED) is 0.309. The van der Waals surface area contributed by atoms with Crippen LogP contribution in [0.5, 0.6) is 11.8 Å². The van der Waals surface area contributed by atoms with E-state index in [0.717, 1.165) is 13.4 Å². The summed E-state index contributed by atoms with van der Waals surface area (Å²) in [7, 11) is -2.86. The van der Waals surface area contributed by atoms with E-state index in [2.05, 4.69) is 24.0 Å². The van der Waals surface area contributed by atoms with Crippen LogP contribution in [0, 0.1) is 6.92 Å². The van der Waals surface area contributed by atoms with Crippen molar-refractivity contribution in [1.82, 2.24) is 20.4 Å². The number of halogens is 3. The molecule has 0 radical (unpaired) electrons. The molecule has 170 valence electrons. The van der Waals surface area contributed by atoms with Crippen molar-refractivity contribution >= 4 is 44.8 Å². The van der Waals surface area contributed by atoms with E-state index >= 15 is 0 Å². The van der Waals surface area contributed by atoms with Gasteiger partial charge in [-0.1, -0.05) is 6.07 Å². The number of carbonyl (C=O) groups is 1. The van der Waals surface area contributed by atoms with E-state index in [0.29, 0.717) is 5.56 Å². The monoisotopic (exact) mass is 501 g/mol. The first-order valence-electron chi connectivity index (χ1n) is 7.82. The molecule has 0 fully saturated rings. The zero-order chi connectivity index (χ0) is 23.4. The molecule has 2 rings (SSSR count). The fraction of sp³-hybridized carbons (Fsp3) is 0.286. The number of nitrogens with one attached hydrogen (secondary N) is 2. The van der Waals surface area contributed by atoms with Gasteiger partial charge in [-0.05, 0) is 36.2 Å². The highest BCUT2D eigenvalue weighted by molar-refractivity contribution is 7.86. The maximum Gasteiger partial charge on any atom is 0.382 e. The van der Waals surface area contributed by atoms with Crippen molar-refractivity contribution in [3.8, 4) is 11.8 Å². The highest BCUT2D eigenvalue weighted by Crippen LogP contribution is 2.30. The number of aryl methyl sites for hydroxylation is 1. The van der Waals surface area contributed by atoms with Gasteiger partial charge in [-0.15, -0.1) is 0 Å². The Morgan fingerprint density at radius 2 is 1.94 bits per heavy atom. The minimum absolute atomic E-state index is 0.206. The number of methoxy groups -OCH3 is 1. The minimum atomic E-state index is -3.97. The van der Waals surface area contributed by atoms with E-state index in [4.69, 9.17) is 15.8 Å². The van der Waals surface area contributed by atoms with E-state index in [1.54, 1.807) is 12.4 Å². The van der Waals surface area contributed by atoms with Crippen molar-refractivity contribution in [3.63, 3.8) is 0 Å². The SMILES string of the molecule is COc1nc(NC(=O)NOS(=O)c2ccc(C)cc2OS(C)(=O)=O)nc(C(F)(F)Cl)n1.